The molecule has 0 bridgehead atoms. The number of halogens is 1. The third-order valence-electron chi connectivity index (χ3n) is 9.52. The second kappa shape index (κ2) is 16.1. The molecule has 0 N–H and O–H groups in total. The van der Waals surface area contributed by atoms with E-state index in [1.54, 1.807) is 0 Å². The molecule has 1 aromatic rings. The number of methoxy groups -OCH3 is 2. The van der Waals surface area contributed by atoms with Gasteiger partial charge < -0.3 is 9.47 Å². The van der Waals surface area contributed by atoms with Crippen LogP contribution >= 0.6 is 15.9 Å². The number of carbonyl (C=O) groups excluding carboxylic acids is 2. The summed E-state index contributed by atoms with van der Waals surface area (Å²) in [5.41, 5.74) is 2.13. The summed E-state index contributed by atoms with van der Waals surface area (Å²) in [7, 11) is 9.53. The van der Waals surface area contributed by atoms with Gasteiger partial charge in [0.1, 0.15) is 0 Å². The van der Waals surface area contributed by atoms with E-state index in [1.807, 2.05) is 13.0 Å². The van der Waals surface area contributed by atoms with Crippen molar-refractivity contribution in [2.75, 3.05) is 14.2 Å². The Kier molecular flexibility index (Phi) is 13.9. The SMILES string of the molecule is [B]C(C)C(C1=CC=CCC1)C(CC)C(CCCC(C(=O)OC)C(C)(CC)C(c1ccccc1)C(C)(C)Br)C(=O)OC. The zero-order valence-electron chi connectivity index (χ0n) is 26.6. The lowest BCUT2D eigenvalue weighted by Gasteiger charge is -2.48. The van der Waals surface area contributed by atoms with E-state index in [9.17, 15) is 9.59 Å². The molecule has 0 aromatic heterocycles. The Labute approximate surface area is 259 Å². The number of carbonyl (C=O) groups is 2. The molecule has 1 aliphatic rings. The first-order valence-electron chi connectivity index (χ1n) is 15.4. The van der Waals surface area contributed by atoms with Crippen LogP contribution in [-0.2, 0) is 19.1 Å². The van der Waals surface area contributed by atoms with Crippen molar-refractivity contribution in [3.05, 3.63) is 59.7 Å². The van der Waals surface area contributed by atoms with Crippen LogP contribution in [-0.4, -0.2) is 38.3 Å². The Morgan fingerprint density at radius 3 is 2.12 bits per heavy atom. The Balaban J connectivity index is 2.42. The fraction of sp³-hybridized carbons (Fsp3) is 0.657. The highest BCUT2D eigenvalue weighted by atomic mass is 79.9. The average Bonchev–Trinajstić information content (AvgIpc) is 2.95. The van der Waals surface area contributed by atoms with E-state index in [1.165, 1.54) is 25.4 Å². The van der Waals surface area contributed by atoms with Crippen molar-refractivity contribution in [2.24, 2.45) is 29.1 Å². The summed E-state index contributed by atoms with van der Waals surface area (Å²) in [5.74, 6) is -0.879. The summed E-state index contributed by atoms with van der Waals surface area (Å²) in [6, 6.07) is 10.4. The Hall–Kier alpha value is -1.82. The first kappa shape index (κ1) is 35.4. The largest absolute Gasteiger partial charge is 0.469 e. The van der Waals surface area contributed by atoms with E-state index < -0.39 is 0 Å². The van der Waals surface area contributed by atoms with Gasteiger partial charge in [0, 0.05) is 10.2 Å². The summed E-state index contributed by atoms with van der Waals surface area (Å²) in [5, 5.41) is 0. The van der Waals surface area contributed by atoms with Crippen molar-refractivity contribution >= 4 is 35.7 Å². The van der Waals surface area contributed by atoms with Crippen LogP contribution in [0.2, 0.25) is 5.82 Å². The minimum absolute atomic E-state index is 0.0545. The van der Waals surface area contributed by atoms with Crippen LogP contribution in [0.25, 0.3) is 0 Å². The van der Waals surface area contributed by atoms with Gasteiger partial charge in [-0.3, -0.25) is 9.59 Å². The predicted molar refractivity (Wildman–Crippen MR) is 174 cm³/mol. The van der Waals surface area contributed by atoms with Crippen LogP contribution in [0.4, 0.5) is 0 Å². The lowest BCUT2D eigenvalue weighted by molar-refractivity contribution is -0.152. The quantitative estimate of drug-likeness (QED) is 0.104. The smallest absolute Gasteiger partial charge is 0.309 e. The first-order chi connectivity index (χ1) is 19.4. The lowest BCUT2D eigenvalue weighted by atomic mass is 9.59. The normalized spacial score (nSPS) is 19.6. The van der Waals surface area contributed by atoms with E-state index in [2.05, 4.69) is 93.0 Å². The van der Waals surface area contributed by atoms with Crippen molar-refractivity contribution in [2.45, 2.75) is 103 Å². The molecule has 7 unspecified atom stereocenters. The molecule has 2 radical (unpaired) electrons. The molecule has 6 heteroatoms. The molecule has 226 valence electrons. The van der Waals surface area contributed by atoms with Crippen molar-refractivity contribution in [3.8, 4) is 0 Å². The number of alkyl halides is 1. The molecule has 7 atom stereocenters. The maximum Gasteiger partial charge on any atom is 0.309 e. The minimum atomic E-state index is -0.389. The molecular weight excluding hydrogens is 575 g/mol. The number of benzene rings is 1. The lowest BCUT2D eigenvalue weighted by Crippen LogP contribution is -2.45. The van der Waals surface area contributed by atoms with Gasteiger partial charge in [-0.2, -0.15) is 0 Å². The topological polar surface area (TPSA) is 52.6 Å². The van der Waals surface area contributed by atoms with Gasteiger partial charge in [-0.1, -0.05) is 116 Å². The molecule has 0 saturated heterocycles. The number of rotatable bonds is 16. The second-order valence-corrected chi connectivity index (χ2v) is 14.6. The van der Waals surface area contributed by atoms with E-state index in [0.717, 1.165) is 25.7 Å². The van der Waals surface area contributed by atoms with Gasteiger partial charge in [0.2, 0.25) is 0 Å². The maximum absolute atomic E-state index is 13.5. The highest BCUT2D eigenvalue weighted by molar-refractivity contribution is 9.10. The summed E-state index contributed by atoms with van der Waals surface area (Å²) in [4.78, 5) is 26.8. The van der Waals surface area contributed by atoms with E-state index in [-0.39, 0.29) is 57.1 Å². The molecule has 0 aliphatic heterocycles. The van der Waals surface area contributed by atoms with Gasteiger partial charge in [0.15, 0.2) is 0 Å². The van der Waals surface area contributed by atoms with Crippen molar-refractivity contribution in [1.82, 2.24) is 0 Å². The summed E-state index contributed by atoms with van der Waals surface area (Å²) >= 11 is 3.98. The highest BCUT2D eigenvalue weighted by Gasteiger charge is 2.50. The van der Waals surface area contributed by atoms with Crippen LogP contribution in [0.5, 0.6) is 0 Å². The maximum atomic E-state index is 13.5. The summed E-state index contributed by atoms with van der Waals surface area (Å²) in [6.45, 7) is 12.9. The monoisotopic (exact) mass is 626 g/mol. The van der Waals surface area contributed by atoms with Gasteiger partial charge in [0.05, 0.1) is 33.9 Å². The standard InChI is InChI=1S/C35H52BBrO4/c1-9-27(30(24(3)36)25-18-13-11-14-19-25)28(32(38)40-7)22-17-23-29(33(39)41-8)35(6,10-2)31(34(4,5)37)26-20-15-12-16-21-26/h11-13,15-16,18,20-21,24,27-31H,9-10,14,17,19,22-23H2,1-8H3. The van der Waals surface area contributed by atoms with Gasteiger partial charge in [0.25, 0.3) is 0 Å². The molecule has 0 spiro atoms. The molecule has 1 aromatic carbocycles. The average molecular weight is 628 g/mol. The number of esters is 2. The van der Waals surface area contributed by atoms with Crippen LogP contribution in [0.1, 0.15) is 98.0 Å². The number of ether oxygens (including phenoxy) is 2. The predicted octanol–water partition coefficient (Wildman–Crippen LogP) is 9.00. The molecule has 1 aliphatic carbocycles. The van der Waals surface area contributed by atoms with Gasteiger partial charge in [-0.15, -0.1) is 0 Å². The first-order valence-corrected chi connectivity index (χ1v) is 16.2. The van der Waals surface area contributed by atoms with Crippen LogP contribution in [0.3, 0.4) is 0 Å². The minimum Gasteiger partial charge on any atom is -0.469 e. The highest BCUT2D eigenvalue weighted by Crippen LogP contribution is 2.54. The van der Waals surface area contributed by atoms with Crippen LogP contribution in [0, 0.1) is 29.1 Å². The van der Waals surface area contributed by atoms with Crippen LogP contribution in [0.15, 0.2) is 54.1 Å². The molecule has 2 rings (SSSR count). The fourth-order valence-corrected chi connectivity index (χ4v) is 8.39. The van der Waals surface area contributed by atoms with E-state index >= 15 is 0 Å². The van der Waals surface area contributed by atoms with E-state index in [0.29, 0.717) is 19.3 Å². The van der Waals surface area contributed by atoms with Crippen molar-refractivity contribution in [3.63, 3.8) is 0 Å². The molecule has 0 heterocycles. The Morgan fingerprint density at radius 2 is 1.66 bits per heavy atom. The van der Waals surface area contributed by atoms with Crippen molar-refractivity contribution < 1.29 is 19.1 Å². The molecule has 0 saturated carbocycles. The Bertz CT molecular complexity index is 1030. The van der Waals surface area contributed by atoms with E-state index in [4.69, 9.17) is 17.3 Å². The zero-order chi connectivity index (χ0) is 30.8. The molecular formula is C35H52BBrO4. The third kappa shape index (κ3) is 8.84. The number of hydrogen-bond acceptors (Lipinski definition) is 4. The van der Waals surface area contributed by atoms with Crippen molar-refractivity contribution in [1.29, 1.82) is 0 Å². The molecule has 0 amide bonds. The fourth-order valence-electron chi connectivity index (χ4n) is 7.61. The second-order valence-electron chi connectivity index (χ2n) is 12.6. The van der Waals surface area contributed by atoms with Gasteiger partial charge >= 0.3 is 11.9 Å². The van der Waals surface area contributed by atoms with Crippen LogP contribution < -0.4 is 0 Å². The summed E-state index contributed by atoms with van der Waals surface area (Å²) in [6.07, 6.45) is 12.0. The molecule has 0 fully saturated rings. The van der Waals surface area contributed by atoms with Gasteiger partial charge in [-0.25, -0.2) is 0 Å². The molecule has 4 nitrogen and oxygen atoms in total. The number of allylic oxidation sites excluding steroid dienone is 4. The molecule has 41 heavy (non-hydrogen) atoms. The zero-order valence-corrected chi connectivity index (χ0v) is 28.2. The van der Waals surface area contributed by atoms with Gasteiger partial charge in [-0.05, 0) is 68.8 Å². The third-order valence-corrected chi connectivity index (χ3v) is 9.98. The number of hydrogen-bond donors (Lipinski definition) is 0. The Morgan fingerprint density at radius 1 is 1.02 bits per heavy atom. The summed E-state index contributed by atoms with van der Waals surface area (Å²) < 4.78 is 10.5.